The molecule has 11 atom stereocenters. The maximum absolute atomic E-state index is 14.9. The van der Waals surface area contributed by atoms with E-state index in [9.17, 15) is 68.4 Å². The predicted molar refractivity (Wildman–Crippen MR) is 297 cm³/mol. The Morgan fingerprint density at radius 3 is 1.27 bits per heavy atom. The molecule has 0 aromatic rings. The van der Waals surface area contributed by atoms with Gasteiger partial charge in [0.25, 0.3) is 0 Å². The minimum Gasteiger partial charge on any atom is -0.465 e. The number of carbonyl (C=O) groups is 10. The molecule has 3 rings (SSSR count). The first kappa shape index (κ1) is 72.2. The van der Waals surface area contributed by atoms with Gasteiger partial charge < -0.3 is 85.5 Å². The van der Waals surface area contributed by atoms with Crippen molar-refractivity contribution in [1.29, 1.82) is 0 Å². The molecule has 0 radical (unpaired) electrons. The van der Waals surface area contributed by atoms with Crippen molar-refractivity contribution in [1.82, 2.24) is 31.9 Å². The largest absolute Gasteiger partial charge is 0.465 e. The second kappa shape index (κ2) is 30.8. The molecule has 0 bridgehead atoms. The first-order chi connectivity index (χ1) is 39.2. The number of ether oxygens (including phenoxy) is 7. The van der Waals surface area contributed by atoms with Crippen LogP contribution < -0.4 is 31.9 Å². The van der Waals surface area contributed by atoms with E-state index in [0.717, 1.165) is 6.08 Å². The minimum absolute atomic E-state index is 0.0538. The number of esters is 4. The second-order valence-electron chi connectivity index (χ2n) is 24.4. The molecule has 3 fully saturated rings. The van der Waals surface area contributed by atoms with Crippen LogP contribution in [-0.4, -0.2) is 192 Å². The Balaban J connectivity index is 2.33. The van der Waals surface area contributed by atoms with Crippen molar-refractivity contribution in [3.05, 3.63) is 23.8 Å². The fourth-order valence-corrected chi connectivity index (χ4v) is 11.6. The number of aliphatic hydroxyl groups is 4. The highest BCUT2D eigenvalue weighted by atomic mass is 16.6. The monoisotopic (exact) mass is 1200 g/mol. The van der Waals surface area contributed by atoms with Gasteiger partial charge >= 0.3 is 23.9 Å². The van der Waals surface area contributed by atoms with Crippen molar-refractivity contribution in [3.8, 4) is 0 Å². The van der Waals surface area contributed by atoms with Crippen LogP contribution in [0.1, 0.15) is 120 Å². The molecule has 476 valence electrons. The SMILES string of the molecule is CCC(C)(CC(C)(/C=C(/CC(C)(CC(C)(CC(C)(CC(C)(CC(C)(CC(C)(/C=C\C(=O)OCC1CO1)C(=O)NCO)C(=O)OCC1CO1)C(=O)NC)C(=O)NC)C(=O)NC)C(=O)OCC1CO1)C(=O)NCO)C(=O)NCO)C(=O)OCCCO. The quantitative estimate of drug-likeness (QED) is 0.00955. The van der Waals surface area contributed by atoms with Gasteiger partial charge in [0.1, 0.15) is 58.3 Å². The van der Waals surface area contributed by atoms with E-state index >= 15 is 0 Å². The molecule has 10 N–H and O–H groups in total. The summed E-state index contributed by atoms with van der Waals surface area (Å²) in [6, 6.07) is 0. The van der Waals surface area contributed by atoms with E-state index < -0.39 is 174 Å². The lowest BCUT2D eigenvalue weighted by Crippen LogP contribution is -2.53. The van der Waals surface area contributed by atoms with Gasteiger partial charge in [0, 0.05) is 62.1 Å². The van der Waals surface area contributed by atoms with E-state index in [2.05, 4.69) is 31.9 Å². The molecule has 0 saturated carbocycles. The molecule has 0 aromatic heterocycles. The van der Waals surface area contributed by atoms with Crippen LogP contribution in [0.15, 0.2) is 23.8 Å². The smallest absolute Gasteiger partial charge is 0.330 e. The van der Waals surface area contributed by atoms with Crippen LogP contribution in [-0.2, 0) is 81.1 Å². The third-order valence-electron chi connectivity index (χ3n) is 15.9. The van der Waals surface area contributed by atoms with Crippen LogP contribution in [0.4, 0.5) is 0 Å². The normalized spacial score (nSPS) is 22.0. The van der Waals surface area contributed by atoms with Crippen LogP contribution in [0, 0.1) is 43.3 Å². The third kappa shape index (κ3) is 20.3. The number of nitrogens with one attached hydrogen (secondary N) is 6. The molecule has 3 aliphatic heterocycles. The van der Waals surface area contributed by atoms with E-state index in [1.807, 2.05) is 0 Å². The van der Waals surface area contributed by atoms with Crippen LogP contribution >= 0.6 is 0 Å². The molecule has 27 heteroatoms. The van der Waals surface area contributed by atoms with E-state index in [1.165, 1.54) is 88.7 Å². The van der Waals surface area contributed by atoms with Crippen LogP contribution in [0.2, 0.25) is 0 Å². The Labute approximate surface area is 491 Å². The molecule has 3 aliphatic rings. The topological polar surface area (TPSA) is 398 Å². The average Bonchev–Trinajstić information content (AvgIpc) is 2.99. The maximum atomic E-state index is 14.9. The summed E-state index contributed by atoms with van der Waals surface area (Å²) in [6.07, 6.45) is -0.898. The van der Waals surface area contributed by atoms with Gasteiger partial charge in [-0.25, -0.2) is 4.79 Å². The molecule has 3 saturated heterocycles. The number of rotatable bonds is 39. The summed E-state index contributed by atoms with van der Waals surface area (Å²) in [5, 5.41) is 54.1. The summed E-state index contributed by atoms with van der Waals surface area (Å²) in [6.45, 7) is 10.7. The fourth-order valence-electron chi connectivity index (χ4n) is 11.6. The van der Waals surface area contributed by atoms with Gasteiger partial charge in [0.2, 0.25) is 35.4 Å². The second-order valence-corrected chi connectivity index (χ2v) is 24.4. The highest BCUT2D eigenvalue weighted by Gasteiger charge is 2.57. The van der Waals surface area contributed by atoms with Gasteiger partial charge in [-0.1, -0.05) is 39.8 Å². The molecule has 0 aromatic carbocycles. The molecular weight excluding hydrogens is 1100 g/mol. The first-order valence-corrected chi connectivity index (χ1v) is 28.1. The first-order valence-electron chi connectivity index (χ1n) is 28.1. The van der Waals surface area contributed by atoms with Gasteiger partial charge in [-0.3, -0.25) is 43.2 Å². The number of amides is 6. The number of hydrogen-bond donors (Lipinski definition) is 10. The van der Waals surface area contributed by atoms with Gasteiger partial charge in [-0.15, -0.1) is 0 Å². The van der Waals surface area contributed by atoms with E-state index in [-0.39, 0.29) is 70.6 Å². The molecular formula is C57H92N6O21. The number of hydrogen-bond acceptors (Lipinski definition) is 21. The standard InChI is InChI=1S/C57H92N6O21/c1-13-50(2,47(75)78-18-14-17-64)27-52(4,46(74)63-35-67)19-36(41(69)61-33-65)20-53(5,48(76)83-25-38-22-80-38)29-54(6,42(70)58-10)30-55(7,43(71)59-11)31-56(8,44(72)60-12)32-57(9,49(77)84-26-39-23-81-39)28-51(3,45(73)62-34-66)16-15-40(68)82-24-37-21-79-37/h15-16,19,37-39,64-67H,13-14,17-18,20-35H2,1-12H3,(H,58,70)(H,59,71)(H,60,72)(H,61,69)(H,62,73)(H,63,74)/b16-15-,36-19-. The Hall–Kier alpha value is -6.10. The van der Waals surface area contributed by atoms with Crippen molar-refractivity contribution >= 4 is 59.3 Å². The lowest BCUT2D eigenvalue weighted by atomic mass is 9.57. The molecule has 27 nitrogen and oxygen atoms in total. The van der Waals surface area contributed by atoms with E-state index in [4.69, 9.17) is 33.2 Å². The van der Waals surface area contributed by atoms with Crippen molar-refractivity contribution in [2.75, 3.05) is 94.2 Å². The Morgan fingerprint density at radius 2 is 0.869 bits per heavy atom. The van der Waals surface area contributed by atoms with Crippen molar-refractivity contribution < 1.29 is 102 Å². The number of epoxide rings is 3. The molecule has 0 spiro atoms. The van der Waals surface area contributed by atoms with Crippen LogP contribution in [0.5, 0.6) is 0 Å². The number of aliphatic hydroxyl groups excluding tert-OH is 4. The van der Waals surface area contributed by atoms with Gasteiger partial charge in [-0.2, -0.15) is 0 Å². The van der Waals surface area contributed by atoms with Gasteiger partial charge in [-0.05, 0) is 86.0 Å². The Bertz CT molecular complexity index is 2430. The summed E-state index contributed by atoms with van der Waals surface area (Å²) >= 11 is 0. The zero-order valence-electron chi connectivity index (χ0n) is 50.8. The summed E-state index contributed by atoms with van der Waals surface area (Å²) in [5.41, 5.74) is -14.8. The summed E-state index contributed by atoms with van der Waals surface area (Å²) in [4.78, 5) is 143. The lowest BCUT2D eigenvalue weighted by Gasteiger charge is -2.46. The Kier molecular flexibility index (Phi) is 26.5. The highest BCUT2D eigenvalue weighted by molar-refractivity contribution is 5.97. The van der Waals surface area contributed by atoms with Crippen LogP contribution in [0.25, 0.3) is 0 Å². The third-order valence-corrected chi connectivity index (χ3v) is 15.9. The molecule has 84 heavy (non-hydrogen) atoms. The zero-order chi connectivity index (χ0) is 63.5. The van der Waals surface area contributed by atoms with Gasteiger partial charge in [0.05, 0.1) is 53.5 Å². The van der Waals surface area contributed by atoms with E-state index in [0.29, 0.717) is 13.2 Å². The van der Waals surface area contributed by atoms with Crippen molar-refractivity contribution in [2.24, 2.45) is 43.3 Å². The zero-order valence-corrected chi connectivity index (χ0v) is 50.8. The van der Waals surface area contributed by atoms with E-state index in [1.54, 1.807) is 6.92 Å². The Morgan fingerprint density at radius 1 is 0.488 bits per heavy atom. The predicted octanol–water partition coefficient (Wildman–Crippen LogP) is -0.152. The lowest BCUT2D eigenvalue weighted by molar-refractivity contribution is -0.162. The highest BCUT2D eigenvalue weighted by Crippen LogP contribution is 2.54. The molecule has 11 unspecified atom stereocenters. The average molecular weight is 1200 g/mol. The fraction of sp³-hybridized carbons (Fsp3) is 0.754. The number of carbonyl (C=O) groups excluding carboxylic acids is 10. The molecule has 3 heterocycles. The summed E-state index contributed by atoms with van der Waals surface area (Å²) in [7, 11) is 3.98. The maximum Gasteiger partial charge on any atom is 0.330 e. The van der Waals surface area contributed by atoms with Crippen LogP contribution in [0.3, 0.4) is 0 Å². The van der Waals surface area contributed by atoms with Gasteiger partial charge in [0.15, 0.2) is 0 Å². The summed E-state index contributed by atoms with van der Waals surface area (Å²) < 4.78 is 38.1. The molecule has 6 amide bonds. The van der Waals surface area contributed by atoms with Crippen molar-refractivity contribution in [2.45, 2.75) is 138 Å². The summed E-state index contributed by atoms with van der Waals surface area (Å²) in [5.74, 6) is -8.21. The van der Waals surface area contributed by atoms with Crippen molar-refractivity contribution in [3.63, 3.8) is 0 Å². The minimum atomic E-state index is -1.98. The molecule has 0 aliphatic carbocycles.